The van der Waals surface area contributed by atoms with Crippen LogP contribution in [0.15, 0.2) is 23.1 Å². The van der Waals surface area contributed by atoms with Gasteiger partial charge in [-0.05, 0) is 31.9 Å². The summed E-state index contributed by atoms with van der Waals surface area (Å²) in [6, 6.07) is 5.29. The van der Waals surface area contributed by atoms with Gasteiger partial charge < -0.3 is 0 Å². The maximum absolute atomic E-state index is 12.2. The van der Waals surface area contributed by atoms with Gasteiger partial charge in [0.25, 0.3) is 0 Å². The van der Waals surface area contributed by atoms with Crippen LogP contribution in [0.2, 0.25) is 0 Å². The minimum absolute atomic E-state index is 0.0688. The molecular formula is C12H18BrNO2S. The lowest BCUT2D eigenvalue weighted by atomic mass is 10.2. The number of nitrogens with one attached hydrogen (secondary N) is 1. The molecule has 0 saturated carbocycles. The predicted molar refractivity (Wildman–Crippen MR) is 74.1 cm³/mol. The Balaban J connectivity index is 3.05. The molecule has 0 aliphatic heterocycles. The van der Waals surface area contributed by atoms with Crippen molar-refractivity contribution < 1.29 is 8.42 Å². The molecule has 0 spiro atoms. The first-order valence-corrected chi connectivity index (χ1v) is 8.16. The van der Waals surface area contributed by atoms with Crippen LogP contribution in [0.5, 0.6) is 0 Å². The van der Waals surface area contributed by atoms with E-state index in [9.17, 15) is 8.42 Å². The highest BCUT2D eigenvalue weighted by atomic mass is 79.9. The van der Waals surface area contributed by atoms with E-state index in [1.54, 1.807) is 6.07 Å². The molecule has 17 heavy (non-hydrogen) atoms. The second-order valence-corrected chi connectivity index (χ2v) is 6.48. The van der Waals surface area contributed by atoms with E-state index in [4.69, 9.17) is 0 Å². The SMILES string of the molecule is CCC(CBr)NS(=O)(=O)c1ccc(C)cc1C. The molecule has 0 aromatic heterocycles. The standard InChI is InChI=1S/C12H18BrNO2S/c1-4-11(8-13)14-17(15,16)12-6-5-9(2)7-10(12)3/h5-7,11,14H,4,8H2,1-3H3. The van der Waals surface area contributed by atoms with E-state index in [-0.39, 0.29) is 6.04 Å². The molecule has 1 aromatic carbocycles. The van der Waals surface area contributed by atoms with Gasteiger partial charge in [0.2, 0.25) is 10.0 Å². The van der Waals surface area contributed by atoms with E-state index in [0.717, 1.165) is 17.5 Å². The fourth-order valence-corrected chi connectivity index (χ4v) is 3.99. The Kier molecular flexibility index (Phi) is 5.16. The van der Waals surface area contributed by atoms with Crippen LogP contribution in [0.1, 0.15) is 24.5 Å². The van der Waals surface area contributed by atoms with E-state index in [2.05, 4.69) is 20.7 Å². The molecule has 0 fully saturated rings. The number of sulfonamides is 1. The molecule has 0 aliphatic carbocycles. The monoisotopic (exact) mass is 319 g/mol. The minimum Gasteiger partial charge on any atom is -0.207 e. The third-order valence-electron chi connectivity index (χ3n) is 2.62. The predicted octanol–water partition coefficient (Wildman–Crippen LogP) is 2.76. The summed E-state index contributed by atoms with van der Waals surface area (Å²) in [5, 5.41) is 0.619. The number of benzene rings is 1. The van der Waals surface area contributed by atoms with Gasteiger partial charge in [0.1, 0.15) is 0 Å². The third-order valence-corrected chi connectivity index (χ3v) is 5.08. The number of hydrogen-bond acceptors (Lipinski definition) is 2. The zero-order chi connectivity index (χ0) is 13.1. The molecular weight excluding hydrogens is 302 g/mol. The van der Waals surface area contributed by atoms with Crippen molar-refractivity contribution in [2.75, 3.05) is 5.33 Å². The largest absolute Gasteiger partial charge is 0.241 e. The maximum atomic E-state index is 12.2. The summed E-state index contributed by atoms with van der Waals surface area (Å²) in [4.78, 5) is 0.363. The average Bonchev–Trinajstić information content (AvgIpc) is 2.25. The lowest BCUT2D eigenvalue weighted by Crippen LogP contribution is -2.35. The van der Waals surface area contributed by atoms with Gasteiger partial charge in [0, 0.05) is 11.4 Å². The zero-order valence-electron chi connectivity index (χ0n) is 10.3. The molecule has 1 rings (SSSR count). The highest BCUT2D eigenvalue weighted by molar-refractivity contribution is 9.09. The highest BCUT2D eigenvalue weighted by Crippen LogP contribution is 2.17. The maximum Gasteiger partial charge on any atom is 0.241 e. The summed E-state index contributed by atoms with van der Waals surface area (Å²) < 4.78 is 27.0. The van der Waals surface area contributed by atoms with Crippen LogP contribution in [-0.2, 0) is 10.0 Å². The van der Waals surface area contributed by atoms with E-state index in [0.29, 0.717) is 10.2 Å². The van der Waals surface area contributed by atoms with Crippen molar-refractivity contribution in [3.05, 3.63) is 29.3 Å². The molecule has 0 heterocycles. The first-order valence-electron chi connectivity index (χ1n) is 5.56. The van der Waals surface area contributed by atoms with Crippen LogP contribution in [-0.4, -0.2) is 19.8 Å². The van der Waals surface area contributed by atoms with E-state index < -0.39 is 10.0 Å². The van der Waals surface area contributed by atoms with Crippen molar-refractivity contribution in [3.63, 3.8) is 0 Å². The first-order chi connectivity index (χ1) is 7.90. The summed E-state index contributed by atoms with van der Waals surface area (Å²) in [5.74, 6) is 0. The first kappa shape index (κ1) is 14.7. The van der Waals surface area contributed by atoms with Gasteiger partial charge in [-0.1, -0.05) is 40.5 Å². The van der Waals surface area contributed by atoms with Crippen molar-refractivity contribution in [2.45, 2.75) is 38.1 Å². The van der Waals surface area contributed by atoms with Gasteiger partial charge in [-0.2, -0.15) is 0 Å². The number of hydrogen-bond donors (Lipinski definition) is 1. The summed E-state index contributed by atoms with van der Waals surface area (Å²) in [7, 11) is -3.41. The van der Waals surface area contributed by atoms with Crippen molar-refractivity contribution in [1.29, 1.82) is 0 Å². The minimum atomic E-state index is -3.41. The molecule has 5 heteroatoms. The lowest BCUT2D eigenvalue weighted by Gasteiger charge is -2.15. The number of halogens is 1. The average molecular weight is 320 g/mol. The number of alkyl halides is 1. The van der Waals surface area contributed by atoms with E-state index in [1.807, 2.05) is 32.9 Å². The molecule has 1 aromatic rings. The quantitative estimate of drug-likeness (QED) is 0.848. The van der Waals surface area contributed by atoms with Gasteiger partial charge in [-0.3, -0.25) is 0 Å². The number of rotatable bonds is 5. The summed E-state index contributed by atoms with van der Waals surface area (Å²) in [6.45, 7) is 5.72. The van der Waals surface area contributed by atoms with Crippen LogP contribution < -0.4 is 4.72 Å². The summed E-state index contributed by atoms with van der Waals surface area (Å²) in [6.07, 6.45) is 0.759. The third kappa shape index (κ3) is 3.79. The van der Waals surface area contributed by atoms with E-state index in [1.165, 1.54) is 0 Å². The Morgan fingerprint density at radius 1 is 1.35 bits per heavy atom. The lowest BCUT2D eigenvalue weighted by molar-refractivity contribution is 0.558. The van der Waals surface area contributed by atoms with Gasteiger partial charge in [-0.25, -0.2) is 13.1 Å². The van der Waals surface area contributed by atoms with Gasteiger partial charge in [0.15, 0.2) is 0 Å². The van der Waals surface area contributed by atoms with Crippen molar-refractivity contribution >= 4 is 26.0 Å². The second kappa shape index (κ2) is 5.98. The molecule has 0 radical (unpaired) electrons. The Morgan fingerprint density at radius 2 is 2.00 bits per heavy atom. The van der Waals surface area contributed by atoms with Crippen molar-refractivity contribution in [2.24, 2.45) is 0 Å². The molecule has 1 N–H and O–H groups in total. The molecule has 0 aliphatic rings. The van der Waals surface area contributed by atoms with E-state index >= 15 is 0 Å². The van der Waals surface area contributed by atoms with Crippen LogP contribution in [0.3, 0.4) is 0 Å². The topological polar surface area (TPSA) is 46.2 Å². The molecule has 96 valence electrons. The number of aryl methyl sites for hydroxylation is 2. The Hall–Kier alpha value is -0.390. The summed E-state index contributed by atoms with van der Waals surface area (Å²) >= 11 is 3.30. The normalized spacial score (nSPS) is 13.6. The summed E-state index contributed by atoms with van der Waals surface area (Å²) in [5.41, 5.74) is 1.84. The van der Waals surface area contributed by atoms with Gasteiger partial charge in [-0.15, -0.1) is 0 Å². The molecule has 0 bridgehead atoms. The Bertz CT molecular complexity index is 481. The molecule has 3 nitrogen and oxygen atoms in total. The van der Waals surface area contributed by atoms with Crippen LogP contribution in [0.25, 0.3) is 0 Å². The van der Waals surface area contributed by atoms with Crippen molar-refractivity contribution in [3.8, 4) is 0 Å². The van der Waals surface area contributed by atoms with Crippen LogP contribution in [0.4, 0.5) is 0 Å². The molecule has 1 unspecified atom stereocenters. The molecule has 0 amide bonds. The Labute approximate surface area is 112 Å². The smallest absolute Gasteiger partial charge is 0.207 e. The van der Waals surface area contributed by atoms with Crippen LogP contribution >= 0.6 is 15.9 Å². The molecule has 1 atom stereocenters. The zero-order valence-corrected chi connectivity index (χ0v) is 12.7. The van der Waals surface area contributed by atoms with Crippen molar-refractivity contribution in [1.82, 2.24) is 4.72 Å². The Morgan fingerprint density at radius 3 is 2.47 bits per heavy atom. The van der Waals surface area contributed by atoms with Crippen LogP contribution in [0, 0.1) is 13.8 Å². The van der Waals surface area contributed by atoms with Gasteiger partial charge in [0.05, 0.1) is 4.90 Å². The second-order valence-electron chi connectivity index (χ2n) is 4.15. The highest BCUT2D eigenvalue weighted by Gasteiger charge is 2.20. The van der Waals surface area contributed by atoms with Gasteiger partial charge >= 0.3 is 0 Å². The fraction of sp³-hybridized carbons (Fsp3) is 0.500. The molecule has 0 saturated heterocycles. The fourth-order valence-electron chi connectivity index (χ4n) is 1.61.